The van der Waals surface area contributed by atoms with Crippen molar-refractivity contribution in [3.8, 4) is 0 Å². The van der Waals surface area contributed by atoms with Gasteiger partial charge in [-0.1, -0.05) is 30.0 Å². The average molecular weight is 440 g/mol. The zero-order valence-electron chi connectivity index (χ0n) is 17.6. The van der Waals surface area contributed by atoms with E-state index in [0.717, 1.165) is 23.0 Å². The molecule has 3 amide bonds. The van der Waals surface area contributed by atoms with E-state index in [4.69, 9.17) is 4.98 Å². The molecule has 162 valence electrons. The van der Waals surface area contributed by atoms with Crippen LogP contribution >= 0.6 is 11.8 Å². The maximum absolute atomic E-state index is 12.7. The fraction of sp³-hybridized carbons (Fsp3) is 0.409. The minimum Gasteiger partial charge on any atom is -0.345 e. The molecule has 1 unspecified atom stereocenters. The Morgan fingerprint density at radius 3 is 2.87 bits per heavy atom. The molecule has 2 aromatic rings. The SMILES string of the molecule is CN(C)C(=O)c1cc(C2CCN(C(=O)CCN=C3NC(=O)CS3)C2)nc2ccccc12. The second kappa shape index (κ2) is 9.05. The number of aliphatic imine (C=N–C) groups is 1. The van der Waals surface area contributed by atoms with Crippen LogP contribution in [0.4, 0.5) is 0 Å². The molecule has 9 heteroatoms. The molecule has 0 radical (unpaired) electrons. The van der Waals surface area contributed by atoms with Crippen LogP contribution in [0.1, 0.15) is 34.8 Å². The number of carbonyl (C=O) groups excluding carboxylic acids is 3. The van der Waals surface area contributed by atoms with E-state index in [1.54, 1.807) is 19.0 Å². The van der Waals surface area contributed by atoms with Gasteiger partial charge in [0.2, 0.25) is 11.8 Å². The average Bonchev–Trinajstić information content (AvgIpc) is 3.41. The molecular formula is C22H25N5O3S. The van der Waals surface area contributed by atoms with Gasteiger partial charge in [0.05, 0.1) is 23.4 Å². The molecule has 8 nitrogen and oxygen atoms in total. The van der Waals surface area contributed by atoms with Gasteiger partial charge in [0, 0.05) is 50.6 Å². The first-order valence-corrected chi connectivity index (χ1v) is 11.3. The standard InChI is InChI=1S/C22H25N5O3S/c1-26(2)21(30)16-11-18(24-17-6-4-3-5-15(16)17)14-8-10-27(12-14)20(29)7-9-23-22-25-19(28)13-31-22/h3-6,11,14H,7-10,12-13H2,1-2H3,(H,23,25,28). The minimum absolute atomic E-state index is 0.0477. The molecule has 0 aliphatic carbocycles. The molecule has 2 aliphatic rings. The van der Waals surface area contributed by atoms with Crippen molar-refractivity contribution in [1.82, 2.24) is 20.1 Å². The summed E-state index contributed by atoms with van der Waals surface area (Å²) in [6.45, 7) is 1.61. The lowest BCUT2D eigenvalue weighted by atomic mass is 9.99. The maximum atomic E-state index is 12.7. The number of hydrogen-bond donors (Lipinski definition) is 1. The summed E-state index contributed by atoms with van der Waals surface area (Å²) in [5, 5.41) is 4.11. The van der Waals surface area contributed by atoms with Crippen LogP contribution in [0.25, 0.3) is 10.9 Å². The van der Waals surface area contributed by atoms with Crippen LogP contribution in [-0.4, -0.2) is 77.2 Å². The molecule has 3 heterocycles. The summed E-state index contributed by atoms with van der Waals surface area (Å²) in [5.74, 6) is 0.427. The Bertz CT molecular complexity index is 1070. The summed E-state index contributed by atoms with van der Waals surface area (Å²) in [5.41, 5.74) is 2.29. The Kier molecular flexibility index (Phi) is 6.22. The first-order chi connectivity index (χ1) is 14.9. The Morgan fingerprint density at radius 2 is 2.13 bits per heavy atom. The number of rotatable bonds is 5. The molecule has 1 N–H and O–H groups in total. The number of aromatic nitrogens is 1. The third-order valence-corrected chi connectivity index (χ3v) is 6.41. The van der Waals surface area contributed by atoms with Gasteiger partial charge >= 0.3 is 0 Å². The predicted molar refractivity (Wildman–Crippen MR) is 121 cm³/mol. The summed E-state index contributed by atoms with van der Waals surface area (Å²) in [6, 6.07) is 9.54. The van der Waals surface area contributed by atoms with Gasteiger partial charge in [-0.25, -0.2) is 0 Å². The summed E-state index contributed by atoms with van der Waals surface area (Å²) < 4.78 is 0. The van der Waals surface area contributed by atoms with E-state index in [-0.39, 0.29) is 23.6 Å². The summed E-state index contributed by atoms with van der Waals surface area (Å²) in [4.78, 5) is 49.1. The molecule has 2 fully saturated rings. The van der Waals surface area contributed by atoms with E-state index in [2.05, 4.69) is 10.3 Å². The Morgan fingerprint density at radius 1 is 1.32 bits per heavy atom. The van der Waals surface area contributed by atoms with Crippen molar-refractivity contribution in [1.29, 1.82) is 0 Å². The fourth-order valence-electron chi connectivity index (χ4n) is 3.87. The van der Waals surface area contributed by atoms with Crippen molar-refractivity contribution < 1.29 is 14.4 Å². The predicted octanol–water partition coefficient (Wildman–Crippen LogP) is 1.86. The van der Waals surface area contributed by atoms with Gasteiger partial charge in [-0.3, -0.25) is 24.4 Å². The first kappa shape index (κ1) is 21.3. The van der Waals surface area contributed by atoms with Gasteiger partial charge in [-0.2, -0.15) is 0 Å². The molecule has 2 saturated heterocycles. The lowest BCUT2D eigenvalue weighted by molar-refractivity contribution is -0.129. The number of amides is 3. The van der Waals surface area contributed by atoms with Gasteiger partial charge in [-0.15, -0.1) is 0 Å². The van der Waals surface area contributed by atoms with Crippen molar-refractivity contribution in [2.45, 2.75) is 18.8 Å². The van der Waals surface area contributed by atoms with Crippen molar-refractivity contribution in [2.75, 3.05) is 39.5 Å². The first-order valence-electron chi connectivity index (χ1n) is 10.3. The second-order valence-electron chi connectivity index (χ2n) is 7.91. The van der Waals surface area contributed by atoms with E-state index in [9.17, 15) is 14.4 Å². The molecular weight excluding hydrogens is 414 g/mol. The summed E-state index contributed by atoms with van der Waals surface area (Å²) >= 11 is 1.36. The third kappa shape index (κ3) is 4.71. The number of carbonyl (C=O) groups is 3. The quantitative estimate of drug-likeness (QED) is 0.767. The molecule has 4 rings (SSSR count). The van der Waals surface area contributed by atoms with E-state index < -0.39 is 0 Å². The number of hydrogen-bond acceptors (Lipinski definition) is 6. The van der Waals surface area contributed by atoms with Gasteiger partial charge in [-0.05, 0) is 18.6 Å². The van der Waals surface area contributed by atoms with Crippen molar-refractivity contribution in [3.63, 3.8) is 0 Å². The number of nitrogens with one attached hydrogen (secondary N) is 1. The van der Waals surface area contributed by atoms with Crippen molar-refractivity contribution in [2.24, 2.45) is 4.99 Å². The number of pyridine rings is 1. The van der Waals surface area contributed by atoms with E-state index in [0.29, 0.717) is 42.5 Å². The highest BCUT2D eigenvalue weighted by Crippen LogP contribution is 2.30. The Balaban J connectivity index is 1.45. The fourth-order valence-corrected chi connectivity index (χ4v) is 4.58. The molecule has 0 spiro atoms. The molecule has 0 saturated carbocycles. The van der Waals surface area contributed by atoms with Crippen LogP contribution < -0.4 is 5.32 Å². The lowest BCUT2D eigenvalue weighted by Crippen LogP contribution is -2.29. The number of para-hydroxylation sites is 1. The Labute approximate surface area is 185 Å². The van der Waals surface area contributed by atoms with Crippen LogP contribution in [-0.2, 0) is 9.59 Å². The van der Waals surface area contributed by atoms with Crippen LogP contribution in [0.5, 0.6) is 0 Å². The number of benzene rings is 1. The smallest absolute Gasteiger partial charge is 0.254 e. The third-order valence-electron chi connectivity index (χ3n) is 5.50. The highest BCUT2D eigenvalue weighted by Gasteiger charge is 2.29. The summed E-state index contributed by atoms with van der Waals surface area (Å²) in [6.07, 6.45) is 1.12. The number of amidine groups is 1. The normalized spacial score (nSPS) is 19.8. The number of likely N-dealkylation sites (tertiary alicyclic amines) is 1. The highest BCUT2D eigenvalue weighted by atomic mass is 32.2. The number of fused-ring (bicyclic) bond motifs is 1. The second-order valence-corrected chi connectivity index (χ2v) is 8.87. The van der Waals surface area contributed by atoms with Crippen molar-refractivity contribution >= 4 is 45.6 Å². The molecule has 2 aliphatic heterocycles. The van der Waals surface area contributed by atoms with Gasteiger partial charge < -0.3 is 15.1 Å². The van der Waals surface area contributed by atoms with Gasteiger partial charge in [0.1, 0.15) is 0 Å². The van der Waals surface area contributed by atoms with Crippen LogP contribution in [0.15, 0.2) is 35.3 Å². The summed E-state index contributed by atoms with van der Waals surface area (Å²) in [7, 11) is 3.48. The van der Waals surface area contributed by atoms with E-state index in [1.165, 1.54) is 11.8 Å². The molecule has 31 heavy (non-hydrogen) atoms. The van der Waals surface area contributed by atoms with Crippen LogP contribution in [0.3, 0.4) is 0 Å². The van der Waals surface area contributed by atoms with Crippen LogP contribution in [0.2, 0.25) is 0 Å². The molecule has 1 atom stereocenters. The van der Waals surface area contributed by atoms with E-state index in [1.807, 2.05) is 35.2 Å². The molecule has 0 bridgehead atoms. The zero-order chi connectivity index (χ0) is 22.0. The van der Waals surface area contributed by atoms with Gasteiger partial charge in [0.25, 0.3) is 5.91 Å². The van der Waals surface area contributed by atoms with Gasteiger partial charge in [0.15, 0.2) is 5.17 Å². The lowest BCUT2D eigenvalue weighted by Gasteiger charge is -2.18. The Hall–Kier alpha value is -2.94. The largest absolute Gasteiger partial charge is 0.345 e. The topological polar surface area (TPSA) is 95.0 Å². The molecule has 1 aromatic heterocycles. The van der Waals surface area contributed by atoms with Crippen LogP contribution in [0, 0.1) is 0 Å². The van der Waals surface area contributed by atoms with E-state index >= 15 is 0 Å². The monoisotopic (exact) mass is 439 g/mol. The number of nitrogens with zero attached hydrogens (tertiary/aromatic N) is 4. The maximum Gasteiger partial charge on any atom is 0.254 e. The van der Waals surface area contributed by atoms with Crippen molar-refractivity contribution in [3.05, 3.63) is 41.6 Å². The zero-order valence-corrected chi connectivity index (χ0v) is 18.4. The number of thioether (sulfide) groups is 1. The highest BCUT2D eigenvalue weighted by molar-refractivity contribution is 8.15. The minimum atomic E-state index is -0.0539. The molecule has 1 aromatic carbocycles.